The summed E-state index contributed by atoms with van der Waals surface area (Å²) in [6, 6.07) is 4.12. The van der Waals surface area contributed by atoms with E-state index in [2.05, 4.69) is 41.3 Å². The maximum absolute atomic E-state index is 3.75. The molecule has 2 nitrogen and oxygen atoms in total. The molecule has 3 atom stereocenters. The second-order valence-electron chi connectivity index (χ2n) is 6.04. The van der Waals surface area contributed by atoms with Gasteiger partial charge in [0.2, 0.25) is 0 Å². The van der Waals surface area contributed by atoms with Gasteiger partial charge in [0.1, 0.15) is 0 Å². The smallest absolute Gasteiger partial charge is 0.00819 e. The first-order valence-electron chi connectivity index (χ1n) is 7.74. The van der Waals surface area contributed by atoms with Crippen molar-refractivity contribution < 1.29 is 0 Å². The summed E-state index contributed by atoms with van der Waals surface area (Å²) in [7, 11) is 0. The van der Waals surface area contributed by atoms with E-state index in [0.717, 1.165) is 12.5 Å². The normalized spacial score (nSPS) is 23.8. The second kappa shape index (κ2) is 8.03. The molecular weight excluding hydrogens is 252 g/mol. The first kappa shape index (κ1) is 15.0. The fourth-order valence-electron chi connectivity index (χ4n) is 3.10. The molecule has 1 aliphatic rings. The lowest BCUT2D eigenvalue weighted by molar-refractivity contribution is 0.376. The number of hydrogen-bond donors (Lipinski definition) is 2. The molecule has 108 valence electrons. The van der Waals surface area contributed by atoms with E-state index in [1.807, 2.05) is 0 Å². The quantitative estimate of drug-likeness (QED) is 0.832. The van der Waals surface area contributed by atoms with Crippen molar-refractivity contribution in [1.82, 2.24) is 10.6 Å². The largest absolute Gasteiger partial charge is 0.314 e. The molecule has 2 N–H and O–H groups in total. The summed E-state index contributed by atoms with van der Waals surface area (Å²) in [6.45, 7) is 5.84. The van der Waals surface area contributed by atoms with Crippen molar-refractivity contribution in [3.05, 3.63) is 22.4 Å². The van der Waals surface area contributed by atoms with Crippen molar-refractivity contribution in [1.29, 1.82) is 0 Å². The molecule has 1 aromatic heterocycles. The van der Waals surface area contributed by atoms with Crippen molar-refractivity contribution in [3.8, 4) is 0 Å². The SMILES string of the molecule is CC(Cc1ccsc1)NC(C)CC1CCCCCN1. The van der Waals surface area contributed by atoms with Crippen molar-refractivity contribution in [3.63, 3.8) is 0 Å². The van der Waals surface area contributed by atoms with Gasteiger partial charge in [0, 0.05) is 18.1 Å². The molecule has 3 unspecified atom stereocenters. The molecule has 0 amide bonds. The molecule has 1 aromatic rings. The monoisotopic (exact) mass is 280 g/mol. The summed E-state index contributed by atoms with van der Waals surface area (Å²) in [6.07, 6.45) is 7.91. The Labute approximate surface area is 122 Å². The Kier molecular flexibility index (Phi) is 6.35. The van der Waals surface area contributed by atoms with Crippen molar-refractivity contribution in [2.45, 2.75) is 70.5 Å². The third kappa shape index (κ3) is 5.64. The maximum Gasteiger partial charge on any atom is 0.00819 e. The predicted octanol–water partition coefficient (Wildman–Crippen LogP) is 3.58. The Morgan fingerprint density at radius 2 is 2.21 bits per heavy atom. The fourth-order valence-corrected chi connectivity index (χ4v) is 3.79. The Balaban J connectivity index is 1.69. The molecule has 3 heteroatoms. The zero-order valence-corrected chi connectivity index (χ0v) is 13.1. The van der Waals surface area contributed by atoms with E-state index in [1.165, 1.54) is 44.2 Å². The topological polar surface area (TPSA) is 24.1 Å². The molecule has 0 aromatic carbocycles. The van der Waals surface area contributed by atoms with E-state index < -0.39 is 0 Å². The number of nitrogens with one attached hydrogen (secondary N) is 2. The first-order chi connectivity index (χ1) is 9.24. The van der Waals surface area contributed by atoms with Crippen LogP contribution in [0.1, 0.15) is 51.5 Å². The van der Waals surface area contributed by atoms with E-state index in [9.17, 15) is 0 Å². The summed E-state index contributed by atoms with van der Waals surface area (Å²) >= 11 is 1.79. The van der Waals surface area contributed by atoms with Gasteiger partial charge in [-0.15, -0.1) is 0 Å². The lowest BCUT2D eigenvalue weighted by Crippen LogP contribution is -2.41. The van der Waals surface area contributed by atoms with Crippen LogP contribution in [0.15, 0.2) is 16.8 Å². The Morgan fingerprint density at radius 3 is 3.00 bits per heavy atom. The molecule has 0 saturated carbocycles. The summed E-state index contributed by atoms with van der Waals surface area (Å²) in [5.74, 6) is 0. The van der Waals surface area contributed by atoms with Gasteiger partial charge in [-0.1, -0.05) is 12.8 Å². The highest BCUT2D eigenvalue weighted by Crippen LogP contribution is 2.14. The molecular formula is C16H28N2S. The standard InChI is InChI=1S/C16H28N2S/c1-13(10-15-7-9-19-12-15)18-14(2)11-16-6-4-3-5-8-17-16/h7,9,12-14,16-18H,3-6,8,10-11H2,1-2H3. The highest BCUT2D eigenvalue weighted by molar-refractivity contribution is 7.07. The van der Waals surface area contributed by atoms with Crippen LogP contribution in [0.5, 0.6) is 0 Å². The third-order valence-electron chi connectivity index (χ3n) is 3.99. The minimum Gasteiger partial charge on any atom is -0.314 e. The van der Waals surface area contributed by atoms with E-state index in [0.29, 0.717) is 12.1 Å². The van der Waals surface area contributed by atoms with Gasteiger partial charge >= 0.3 is 0 Å². The molecule has 0 bridgehead atoms. The summed E-state index contributed by atoms with van der Waals surface area (Å²) in [4.78, 5) is 0. The molecule has 0 aliphatic carbocycles. The Morgan fingerprint density at radius 1 is 1.32 bits per heavy atom. The van der Waals surface area contributed by atoms with Crippen LogP contribution >= 0.6 is 11.3 Å². The summed E-state index contributed by atoms with van der Waals surface area (Å²) < 4.78 is 0. The van der Waals surface area contributed by atoms with Gasteiger partial charge in [-0.3, -0.25) is 0 Å². The average Bonchev–Trinajstić information content (AvgIpc) is 2.72. The second-order valence-corrected chi connectivity index (χ2v) is 6.82. The minimum atomic E-state index is 0.565. The van der Waals surface area contributed by atoms with Crippen LogP contribution in [-0.2, 0) is 6.42 Å². The highest BCUT2D eigenvalue weighted by atomic mass is 32.1. The molecule has 2 heterocycles. The Hall–Kier alpha value is -0.380. The molecule has 1 saturated heterocycles. The van der Waals surface area contributed by atoms with Crippen LogP contribution in [0.4, 0.5) is 0 Å². The van der Waals surface area contributed by atoms with Crippen molar-refractivity contribution in [2.24, 2.45) is 0 Å². The molecule has 0 radical (unpaired) electrons. The molecule has 0 spiro atoms. The number of rotatable bonds is 6. The average molecular weight is 280 g/mol. The van der Waals surface area contributed by atoms with Crippen LogP contribution in [0.3, 0.4) is 0 Å². The maximum atomic E-state index is 3.75. The van der Waals surface area contributed by atoms with Crippen LogP contribution < -0.4 is 10.6 Å². The zero-order valence-electron chi connectivity index (χ0n) is 12.3. The molecule has 1 aliphatic heterocycles. The van der Waals surface area contributed by atoms with E-state index in [1.54, 1.807) is 11.3 Å². The fraction of sp³-hybridized carbons (Fsp3) is 0.750. The number of thiophene rings is 1. The third-order valence-corrected chi connectivity index (χ3v) is 4.72. The highest BCUT2D eigenvalue weighted by Gasteiger charge is 2.16. The van der Waals surface area contributed by atoms with Crippen LogP contribution in [0, 0.1) is 0 Å². The van der Waals surface area contributed by atoms with E-state index >= 15 is 0 Å². The van der Waals surface area contributed by atoms with E-state index in [-0.39, 0.29) is 0 Å². The predicted molar refractivity (Wildman–Crippen MR) is 85.0 cm³/mol. The summed E-state index contributed by atoms with van der Waals surface area (Å²) in [5.41, 5.74) is 1.46. The lowest BCUT2D eigenvalue weighted by atomic mass is 10.0. The molecule has 2 rings (SSSR count). The summed E-state index contributed by atoms with van der Waals surface area (Å²) in [5, 5.41) is 11.9. The van der Waals surface area contributed by atoms with Gasteiger partial charge in [-0.05, 0) is 68.5 Å². The van der Waals surface area contributed by atoms with E-state index in [4.69, 9.17) is 0 Å². The van der Waals surface area contributed by atoms with Gasteiger partial charge in [-0.2, -0.15) is 11.3 Å². The van der Waals surface area contributed by atoms with Crippen molar-refractivity contribution >= 4 is 11.3 Å². The minimum absolute atomic E-state index is 0.565. The van der Waals surface area contributed by atoms with Gasteiger partial charge < -0.3 is 10.6 Å². The van der Waals surface area contributed by atoms with Crippen LogP contribution in [0.25, 0.3) is 0 Å². The first-order valence-corrected chi connectivity index (χ1v) is 8.69. The molecule has 19 heavy (non-hydrogen) atoms. The zero-order chi connectivity index (χ0) is 13.5. The van der Waals surface area contributed by atoms with Gasteiger partial charge in [0.15, 0.2) is 0 Å². The van der Waals surface area contributed by atoms with Crippen LogP contribution in [0.2, 0.25) is 0 Å². The van der Waals surface area contributed by atoms with Gasteiger partial charge in [-0.25, -0.2) is 0 Å². The Bertz CT molecular complexity index is 329. The van der Waals surface area contributed by atoms with Gasteiger partial charge in [0.25, 0.3) is 0 Å². The van der Waals surface area contributed by atoms with Gasteiger partial charge in [0.05, 0.1) is 0 Å². The lowest BCUT2D eigenvalue weighted by Gasteiger charge is -2.24. The molecule has 1 fully saturated rings. The van der Waals surface area contributed by atoms with Crippen molar-refractivity contribution in [2.75, 3.05) is 6.54 Å². The number of hydrogen-bond acceptors (Lipinski definition) is 3. The van der Waals surface area contributed by atoms with Crippen LogP contribution in [-0.4, -0.2) is 24.7 Å².